The van der Waals surface area contributed by atoms with Crippen LogP contribution in [0.1, 0.15) is 42.8 Å². The average molecular weight is 278 g/mol. The number of rotatable bonds is 4. The molecule has 0 aliphatic heterocycles. The number of carbonyl (C=O) groups is 1. The number of terminal acetylenes is 1. The van der Waals surface area contributed by atoms with Crippen LogP contribution >= 0.6 is 11.3 Å². The largest absolute Gasteiger partial charge is 0.382 e. The molecule has 1 saturated carbocycles. The second-order valence-corrected chi connectivity index (χ2v) is 6.23. The van der Waals surface area contributed by atoms with Crippen molar-refractivity contribution in [3.05, 3.63) is 4.88 Å². The van der Waals surface area contributed by atoms with Crippen LogP contribution in [0.2, 0.25) is 0 Å². The van der Waals surface area contributed by atoms with E-state index in [0.717, 1.165) is 12.8 Å². The number of aromatic nitrogens is 1. The SMILES string of the molecule is C#CC(C)(C)NC(=O)c1sc(NC2CCC2)nc1N. The fourth-order valence-corrected chi connectivity index (χ4v) is 2.52. The Kier molecular flexibility index (Phi) is 3.67. The lowest BCUT2D eigenvalue weighted by Crippen LogP contribution is -2.42. The quantitative estimate of drug-likeness (QED) is 0.734. The summed E-state index contributed by atoms with van der Waals surface area (Å²) in [5.74, 6) is 2.48. The Morgan fingerprint density at radius 2 is 2.26 bits per heavy atom. The molecule has 5 nitrogen and oxygen atoms in total. The van der Waals surface area contributed by atoms with E-state index in [0.29, 0.717) is 16.1 Å². The molecule has 1 aromatic heterocycles. The maximum Gasteiger partial charge on any atom is 0.266 e. The van der Waals surface area contributed by atoms with Crippen molar-refractivity contribution in [2.45, 2.75) is 44.7 Å². The fraction of sp³-hybridized carbons (Fsp3) is 0.538. The van der Waals surface area contributed by atoms with E-state index in [1.807, 2.05) is 0 Å². The molecule has 1 fully saturated rings. The molecule has 0 unspecified atom stereocenters. The van der Waals surface area contributed by atoms with Gasteiger partial charge in [-0.05, 0) is 33.1 Å². The van der Waals surface area contributed by atoms with Crippen LogP contribution in [0.3, 0.4) is 0 Å². The zero-order chi connectivity index (χ0) is 14.0. The van der Waals surface area contributed by atoms with E-state index in [1.54, 1.807) is 13.8 Å². The third-order valence-corrected chi connectivity index (χ3v) is 4.08. The third-order valence-electron chi connectivity index (χ3n) is 3.08. The van der Waals surface area contributed by atoms with Crippen molar-refractivity contribution < 1.29 is 4.79 Å². The first-order chi connectivity index (χ1) is 8.91. The maximum absolute atomic E-state index is 12.1. The number of nitrogens with one attached hydrogen (secondary N) is 2. The molecule has 1 amide bonds. The second kappa shape index (κ2) is 5.10. The lowest BCUT2D eigenvalue weighted by molar-refractivity contribution is 0.0934. The smallest absolute Gasteiger partial charge is 0.266 e. The number of nitrogen functional groups attached to an aromatic ring is 1. The highest BCUT2D eigenvalue weighted by atomic mass is 32.1. The molecule has 1 aromatic rings. The summed E-state index contributed by atoms with van der Waals surface area (Å²) in [5, 5.41) is 6.72. The van der Waals surface area contributed by atoms with Crippen molar-refractivity contribution in [3.63, 3.8) is 0 Å². The predicted molar refractivity (Wildman–Crippen MR) is 78.2 cm³/mol. The van der Waals surface area contributed by atoms with Gasteiger partial charge in [-0.3, -0.25) is 4.79 Å². The molecule has 0 radical (unpaired) electrons. The minimum atomic E-state index is -0.699. The van der Waals surface area contributed by atoms with Crippen molar-refractivity contribution in [2.24, 2.45) is 0 Å². The van der Waals surface area contributed by atoms with E-state index in [1.165, 1.54) is 17.8 Å². The highest BCUT2D eigenvalue weighted by Crippen LogP contribution is 2.29. The number of amides is 1. The van der Waals surface area contributed by atoms with Gasteiger partial charge in [0.1, 0.15) is 10.7 Å². The summed E-state index contributed by atoms with van der Waals surface area (Å²) in [5.41, 5.74) is 5.09. The van der Waals surface area contributed by atoms with E-state index < -0.39 is 5.54 Å². The lowest BCUT2D eigenvalue weighted by atomic mass is 9.93. The highest BCUT2D eigenvalue weighted by molar-refractivity contribution is 7.18. The molecule has 1 heterocycles. The molecule has 6 heteroatoms. The normalized spacial score (nSPS) is 15.4. The van der Waals surface area contributed by atoms with Crippen LogP contribution in [-0.2, 0) is 0 Å². The monoisotopic (exact) mass is 278 g/mol. The Balaban J connectivity index is 2.07. The number of nitrogens with two attached hydrogens (primary N) is 1. The third kappa shape index (κ3) is 3.18. The first-order valence-corrected chi connectivity index (χ1v) is 7.06. The minimum absolute atomic E-state index is 0.247. The molecule has 102 valence electrons. The molecule has 1 aliphatic carbocycles. The Morgan fingerprint density at radius 3 is 2.79 bits per heavy atom. The second-order valence-electron chi connectivity index (χ2n) is 5.23. The molecule has 0 saturated heterocycles. The number of thiazole rings is 1. The van der Waals surface area contributed by atoms with Crippen LogP contribution in [0, 0.1) is 12.3 Å². The van der Waals surface area contributed by atoms with Gasteiger partial charge in [0.05, 0.1) is 5.54 Å². The Labute approximate surface area is 117 Å². The van der Waals surface area contributed by atoms with Crippen LogP contribution < -0.4 is 16.4 Å². The number of hydrogen-bond donors (Lipinski definition) is 3. The van der Waals surface area contributed by atoms with Gasteiger partial charge in [-0.2, -0.15) is 0 Å². The zero-order valence-corrected chi connectivity index (χ0v) is 11.9. The van der Waals surface area contributed by atoms with Crippen LogP contribution in [-0.4, -0.2) is 22.5 Å². The summed E-state index contributed by atoms with van der Waals surface area (Å²) in [6, 6.07) is 0.462. The first-order valence-electron chi connectivity index (χ1n) is 6.24. The maximum atomic E-state index is 12.1. The van der Waals surface area contributed by atoms with Crippen LogP contribution in [0.5, 0.6) is 0 Å². The number of carbonyl (C=O) groups excluding carboxylic acids is 1. The van der Waals surface area contributed by atoms with Gasteiger partial charge >= 0.3 is 0 Å². The molecular weight excluding hydrogens is 260 g/mol. The van der Waals surface area contributed by atoms with Crippen molar-refractivity contribution in [1.29, 1.82) is 0 Å². The Morgan fingerprint density at radius 1 is 1.58 bits per heavy atom. The minimum Gasteiger partial charge on any atom is -0.382 e. The van der Waals surface area contributed by atoms with Crippen molar-refractivity contribution in [2.75, 3.05) is 11.1 Å². The summed E-state index contributed by atoms with van der Waals surface area (Å²) >= 11 is 1.27. The number of hydrogen-bond acceptors (Lipinski definition) is 5. The Hall–Kier alpha value is -1.74. The van der Waals surface area contributed by atoms with Crippen molar-refractivity contribution in [3.8, 4) is 12.3 Å². The lowest BCUT2D eigenvalue weighted by Gasteiger charge is -2.25. The topological polar surface area (TPSA) is 80.0 Å². The molecule has 4 N–H and O–H groups in total. The number of anilines is 2. The molecule has 0 aromatic carbocycles. The zero-order valence-electron chi connectivity index (χ0n) is 11.1. The number of nitrogens with zero attached hydrogens (tertiary/aromatic N) is 1. The Bertz CT molecular complexity index is 525. The molecule has 1 aliphatic rings. The predicted octanol–water partition coefficient (Wildman–Crippen LogP) is 1.83. The van der Waals surface area contributed by atoms with Gasteiger partial charge in [0.15, 0.2) is 5.13 Å². The molecule has 0 bridgehead atoms. The van der Waals surface area contributed by atoms with Crippen molar-refractivity contribution in [1.82, 2.24) is 10.3 Å². The summed E-state index contributed by atoms with van der Waals surface area (Å²) in [6.45, 7) is 3.52. The van der Waals surface area contributed by atoms with Crippen LogP contribution in [0.4, 0.5) is 10.9 Å². The van der Waals surface area contributed by atoms with Crippen molar-refractivity contribution >= 4 is 28.2 Å². The molecule has 0 spiro atoms. The molecule has 2 rings (SSSR count). The van der Waals surface area contributed by atoms with E-state index in [-0.39, 0.29) is 11.7 Å². The van der Waals surface area contributed by atoms with E-state index >= 15 is 0 Å². The summed E-state index contributed by atoms with van der Waals surface area (Å²) in [7, 11) is 0. The van der Waals surface area contributed by atoms with Crippen LogP contribution in [0.15, 0.2) is 0 Å². The van der Waals surface area contributed by atoms with Gasteiger partial charge in [0.2, 0.25) is 0 Å². The van der Waals surface area contributed by atoms with Gasteiger partial charge in [-0.15, -0.1) is 6.42 Å². The molecule has 0 atom stereocenters. The average Bonchev–Trinajstić information content (AvgIpc) is 2.65. The van der Waals surface area contributed by atoms with E-state index in [2.05, 4.69) is 21.5 Å². The van der Waals surface area contributed by atoms with Crippen LogP contribution in [0.25, 0.3) is 0 Å². The summed E-state index contributed by atoms with van der Waals surface area (Å²) in [4.78, 5) is 16.7. The van der Waals surface area contributed by atoms with E-state index in [4.69, 9.17) is 12.2 Å². The van der Waals surface area contributed by atoms with Gasteiger partial charge in [-0.25, -0.2) is 4.98 Å². The molecule has 19 heavy (non-hydrogen) atoms. The van der Waals surface area contributed by atoms with Gasteiger partial charge in [-0.1, -0.05) is 17.3 Å². The van der Waals surface area contributed by atoms with Gasteiger partial charge in [0.25, 0.3) is 5.91 Å². The fourth-order valence-electron chi connectivity index (χ4n) is 1.66. The van der Waals surface area contributed by atoms with Gasteiger partial charge < -0.3 is 16.4 Å². The van der Waals surface area contributed by atoms with E-state index in [9.17, 15) is 4.79 Å². The summed E-state index contributed by atoms with van der Waals surface area (Å²) in [6.07, 6.45) is 8.87. The standard InChI is InChI=1S/C13H18N4OS/c1-4-13(2,3)17-11(18)9-10(14)16-12(19-9)15-8-6-5-7-8/h1,8H,5-7,14H2,2-3H3,(H,15,16)(H,17,18). The highest BCUT2D eigenvalue weighted by Gasteiger charge is 2.24. The first kappa shape index (κ1) is 13.7. The van der Waals surface area contributed by atoms with Gasteiger partial charge in [0, 0.05) is 6.04 Å². The molecular formula is C13H18N4OS. The summed E-state index contributed by atoms with van der Waals surface area (Å²) < 4.78 is 0.